The number of hydrogen-bond donors (Lipinski definition) is 2. The number of rotatable bonds is 11. The van der Waals surface area contributed by atoms with Crippen LogP contribution in [0.1, 0.15) is 23.7 Å². The molecule has 0 spiro atoms. The largest absolute Gasteiger partial charge is 0.493 e. The molecule has 0 aliphatic carbocycles. The summed E-state index contributed by atoms with van der Waals surface area (Å²) in [7, 11) is 4.58. The van der Waals surface area contributed by atoms with Crippen molar-refractivity contribution in [2.24, 2.45) is 0 Å². The van der Waals surface area contributed by atoms with E-state index in [4.69, 9.17) is 23.9 Å². The standard InChI is InChI=1S/C38H34FN3O5/c1-5-47-32-16-9-6-11-23(32)18-29(25-19-33(44-2)37(46-4)34(20-25)45-3)38(43)40-22-27-21-30-28-14-7-8-15-31(28)42-36(30)35(41-27)24-12-10-13-26(39)17-24/h6-21,42H,5,22H2,1-4H3,(H,40,43)/b29-18+. The Hall–Kier alpha value is -5.83. The molecular formula is C38H34FN3O5. The van der Waals surface area contributed by atoms with Gasteiger partial charge < -0.3 is 29.2 Å². The minimum Gasteiger partial charge on any atom is -0.493 e. The first-order chi connectivity index (χ1) is 22.9. The molecule has 0 atom stereocenters. The molecule has 0 fully saturated rings. The zero-order valence-electron chi connectivity index (χ0n) is 26.5. The van der Waals surface area contributed by atoms with Crippen LogP contribution in [0.2, 0.25) is 0 Å². The van der Waals surface area contributed by atoms with E-state index in [0.717, 1.165) is 27.4 Å². The number of methoxy groups -OCH3 is 3. The first kappa shape index (κ1) is 31.2. The first-order valence-electron chi connectivity index (χ1n) is 15.1. The van der Waals surface area contributed by atoms with Crippen LogP contribution in [0.4, 0.5) is 4.39 Å². The second-order valence-electron chi connectivity index (χ2n) is 10.7. The lowest BCUT2D eigenvalue weighted by molar-refractivity contribution is -0.115. The Morgan fingerprint density at radius 2 is 1.60 bits per heavy atom. The van der Waals surface area contributed by atoms with Gasteiger partial charge in [-0.15, -0.1) is 0 Å². The van der Waals surface area contributed by atoms with Gasteiger partial charge in [-0.2, -0.15) is 0 Å². The fourth-order valence-corrected chi connectivity index (χ4v) is 5.66. The van der Waals surface area contributed by atoms with E-state index in [1.165, 1.54) is 33.5 Å². The van der Waals surface area contributed by atoms with E-state index in [9.17, 15) is 9.18 Å². The van der Waals surface area contributed by atoms with Gasteiger partial charge in [0.25, 0.3) is 5.91 Å². The molecule has 9 heteroatoms. The number of H-pyrrole nitrogens is 1. The molecule has 0 bridgehead atoms. The van der Waals surface area contributed by atoms with Crippen molar-refractivity contribution in [2.75, 3.05) is 27.9 Å². The summed E-state index contributed by atoms with van der Waals surface area (Å²) < 4.78 is 36.9. The zero-order valence-corrected chi connectivity index (χ0v) is 26.5. The number of nitrogens with zero attached hydrogens (tertiary/aromatic N) is 1. The van der Waals surface area contributed by atoms with Crippen LogP contribution < -0.4 is 24.3 Å². The van der Waals surface area contributed by atoms with Crippen LogP contribution in [-0.4, -0.2) is 43.8 Å². The molecule has 6 rings (SSSR count). The average molecular weight is 632 g/mol. The van der Waals surface area contributed by atoms with Crippen LogP contribution in [0.3, 0.4) is 0 Å². The minimum atomic E-state index is -0.362. The van der Waals surface area contributed by atoms with Crippen molar-refractivity contribution in [1.82, 2.24) is 15.3 Å². The molecular weight excluding hydrogens is 597 g/mol. The second kappa shape index (κ2) is 13.7. The van der Waals surface area contributed by atoms with Crippen LogP contribution in [0, 0.1) is 5.82 Å². The Morgan fingerprint density at radius 1 is 0.851 bits per heavy atom. The van der Waals surface area contributed by atoms with Crippen LogP contribution in [0.25, 0.3) is 44.7 Å². The van der Waals surface area contributed by atoms with Crippen molar-refractivity contribution in [3.05, 3.63) is 114 Å². The van der Waals surface area contributed by atoms with Crippen LogP contribution in [-0.2, 0) is 11.3 Å². The number of hydrogen-bond acceptors (Lipinski definition) is 6. The van der Waals surface area contributed by atoms with Crippen molar-refractivity contribution in [3.63, 3.8) is 0 Å². The number of benzene rings is 4. The summed E-state index contributed by atoms with van der Waals surface area (Å²) in [4.78, 5) is 22.5. The molecule has 47 heavy (non-hydrogen) atoms. The third kappa shape index (κ3) is 6.33. The van der Waals surface area contributed by atoms with E-state index in [1.54, 1.807) is 24.3 Å². The number of ether oxygens (including phenoxy) is 4. The highest BCUT2D eigenvalue weighted by molar-refractivity contribution is 6.24. The summed E-state index contributed by atoms with van der Waals surface area (Å²) in [6, 6.07) is 27.2. The molecule has 1 amide bonds. The van der Waals surface area contributed by atoms with Crippen molar-refractivity contribution in [2.45, 2.75) is 13.5 Å². The SMILES string of the molecule is CCOc1ccccc1/C=C(/C(=O)NCc1cc2c([nH]c3ccccc32)c(-c2cccc(F)c2)n1)c1cc(OC)c(OC)c(OC)c1. The summed E-state index contributed by atoms with van der Waals surface area (Å²) in [6.07, 6.45) is 1.77. The highest BCUT2D eigenvalue weighted by atomic mass is 19.1. The molecule has 0 aliphatic rings. The number of nitrogens with one attached hydrogen (secondary N) is 2. The summed E-state index contributed by atoms with van der Waals surface area (Å²) in [5, 5.41) is 4.98. The van der Waals surface area contributed by atoms with Gasteiger partial charge in [0.15, 0.2) is 11.5 Å². The smallest absolute Gasteiger partial charge is 0.252 e. The van der Waals surface area contributed by atoms with Gasteiger partial charge in [0.1, 0.15) is 11.6 Å². The molecule has 0 unspecified atom stereocenters. The van der Waals surface area contributed by atoms with Gasteiger partial charge in [0, 0.05) is 33.0 Å². The van der Waals surface area contributed by atoms with E-state index in [0.29, 0.717) is 57.7 Å². The van der Waals surface area contributed by atoms with E-state index in [2.05, 4.69) is 10.3 Å². The van der Waals surface area contributed by atoms with Crippen molar-refractivity contribution in [3.8, 4) is 34.3 Å². The molecule has 4 aromatic carbocycles. The van der Waals surface area contributed by atoms with E-state index in [1.807, 2.05) is 67.6 Å². The number of fused-ring (bicyclic) bond motifs is 3. The highest BCUT2D eigenvalue weighted by Crippen LogP contribution is 2.41. The molecule has 8 nitrogen and oxygen atoms in total. The Labute approximate surface area is 271 Å². The number of carbonyl (C=O) groups excluding carboxylic acids is 1. The van der Waals surface area contributed by atoms with Gasteiger partial charge >= 0.3 is 0 Å². The molecule has 0 saturated heterocycles. The third-order valence-electron chi connectivity index (χ3n) is 7.82. The Morgan fingerprint density at radius 3 is 2.32 bits per heavy atom. The van der Waals surface area contributed by atoms with Crippen LogP contribution in [0.15, 0.2) is 91.0 Å². The Bertz CT molecular complexity index is 2100. The maximum atomic E-state index is 14.3. The molecule has 238 valence electrons. The maximum Gasteiger partial charge on any atom is 0.252 e. The minimum absolute atomic E-state index is 0.103. The van der Waals surface area contributed by atoms with Gasteiger partial charge in [-0.05, 0) is 61.0 Å². The number of amides is 1. The molecule has 2 aromatic heterocycles. The first-order valence-corrected chi connectivity index (χ1v) is 15.1. The van der Waals surface area contributed by atoms with Crippen molar-refractivity contribution >= 4 is 39.4 Å². The highest BCUT2D eigenvalue weighted by Gasteiger charge is 2.21. The summed E-state index contributed by atoms with van der Waals surface area (Å²) in [5.74, 6) is 1.14. The Balaban J connectivity index is 1.43. The normalized spacial score (nSPS) is 11.5. The van der Waals surface area contributed by atoms with Gasteiger partial charge in [-0.1, -0.05) is 48.5 Å². The van der Waals surface area contributed by atoms with E-state index < -0.39 is 0 Å². The van der Waals surface area contributed by atoms with Crippen molar-refractivity contribution < 1.29 is 28.1 Å². The third-order valence-corrected chi connectivity index (χ3v) is 7.82. The summed E-state index contributed by atoms with van der Waals surface area (Å²) >= 11 is 0. The van der Waals surface area contributed by atoms with Crippen LogP contribution in [0.5, 0.6) is 23.0 Å². The number of aromatic amines is 1. The van der Waals surface area contributed by atoms with Crippen molar-refractivity contribution in [1.29, 1.82) is 0 Å². The molecule has 2 N–H and O–H groups in total. The summed E-state index contributed by atoms with van der Waals surface area (Å²) in [5.41, 5.74) is 5.16. The van der Waals surface area contributed by atoms with Gasteiger partial charge in [-0.25, -0.2) is 9.37 Å². The number of halogens is 1. The quantitative estimate of drug-likeness (QED) is 0.112. The average Bonchev–Trinajstić information content (AvgIpc) is 3.48. The number of para-hydroxylation sites is 2. The lowest BCUT2D eigenvalue weighted by Crippen LogP contribution is -2.24. The van der Waals surface area contributed by atoms with Crippen LogP contribution >= 0.6 is 0 Å². The monoisotopic (exact) mass is 631 g/mol. The fraction of sp³-hybridized carbons (Fsp3) is 0.158. The molecule has 0 saturated carbocycles. The number of aromatic nitrogens is 2. The van der Waals surface area contributed by atoms with E-state index >= 15 is 0 Å². The van der Waals surface area contributed by atoms with Gasteiger partial charge in [-0.3, -0.25) is 4.79 Å². The second-order valence-corrected chi connectivity index (χ2v) is 10.7. The molecule has 0 radical (unpaired) electrons. The Kier molecular flexibility index (Phi) is 9.06. The molecule has 0 aliphatic heterocycles. The predicted octanol–water partition coefficient (Wildman–Crippen LogP) is 7.80. The number of carbonyl (C=O) groups is 1. The molecule has 2 heterocycles. The van der Waals surface area contributed by atoms with Gasteiger partial charge in [0.05, 0.1) is 51.4 Å². The maximum absolute atomic E-state index is 14.3. The van der Waals surface area contributed by atoms with E-state index in [-0.39, 0.29) is 18.3 Å². The lowest BCUT2D eigenvalue weighted by Gasteiger charge is -2.16. The fourth-order valence-electron chi connectivity index (χ4n) is 5.66. The predicted molar refractivity (Wildman–Crippen MR) is 182 cm³/mol. The molecule has 6 aromatic rings. The zero-order chi connectivity index (χ0) is 32.9. The lowest BCUT2D eigenvalue weighted by atomic mass is 10.00. The number of pyridine rings is 1. The summed E-state index contributed by atoms with van der Waals surface area (Å²) in [6.45, 7) is 2.47. The topological polar surface area (TPSA) is 94.7 Å². The van der Waals surface area contributed by atoms with Gasteiger partial charge in [0.2, 0.25) is 5.75 Å².